The molecule has 0 spiro atoms. The number of carbonyl (C=O) groups excluding carboxylic acids is 5. The first kappa shape index (κ1) is 75.7. The number of nitrogens with one attached hydrogen (secondary N) is 1. The number of ether oxygens (including phenoxy) is 10. The Labute approximate surface area is 527 Å². The normalized spacial score (nSPS) is 14.0. The molecule has 0 radical (unpaired) electrons. The Morgan fingerprint density at radius 1 is 0.609 bits per heavy atom. The SMILES string of the molecule is COc1ccccc1N(C)C(=O)c1cc(-c2cnc(C(F)(F)F)cc2C#N)c(Cl)cc1OCCOCCOCCOCCOCCOCCOCCOCCOCCNC(=O)CN1CCN(CC(=O)[O-])CCN(CC(=O)[O-])CCN(CC(=O)[O-])CC1.[In+3]. The number of anilines is 1. The molecule has 3 aromatic rings. The maximum Gasteiger partial charge on any atom is 3.00 e. The largest absolute Gasteiger partial charge is 3.00 e. The molecule has 0 unspecified atom stereocenters. The van der Waals surface area contributed by atoms with E-state index < -0.39 is 42.2 Å². The molecule has 0 saturated carbocycles. The molecule has 0 aliphatic carbocycles. The van der Waals surface area contributed by atoms with Crippen LogP contribution in [0.15, 0.2) is 48.7 Å². The van der Waals surface area contributed by atoms with Crippen LogP contribution in [-0.2, 0) is 63.2 Å². The number of carbonyl (C=O) groups is 5. The number of carboxylic acids is 3. The fraction of sp³-hybridized carbons (Fsp3) is 0.589. The van der Waals surface area contributed by atoms with Gasteiger partial charge in [0.25, 0.3) is 5.91 Å². The van der Waals surface area contributed by atoms with Crippen LogP contribution < -0.4 is 35.0 Å². The van der Waals surface area contributed by atoms with E-state index in [0.29, 0.717) is 90.2 Å². The van der Waals surface area contributed by atoms with Crippen molar-refractivity contribution < 1.29 is 99.8 Å². The number of halogens is 4. The van der Waals surface area contributed by atoms with Crippen LogP contribution in [-0.4, -0.2) is 292 Å². The molecule has 0 atom stereocenters. The Morgan fingerprint density at radius 2 is 1.01 bits per heavy atom. The molecule has 1 fully saturated rings. The van der Waals surface area contributed by atoms with Crippen molar-refractivity contribution in [2.24, 2.45) is 0 Å². The van der Waals surface area contributed by atoms with E-state index in [9.17, 15) is 57.7 Å². The second kappa shape index (κ2) is 43.2. The van der Waals surface area contributed by atoms with E-state index in [-0.39, 0.29) is 183 Å². The minimum atomic E-state index is -4.79. The van der Waals surface area contributed by atoms with Gasteiger partial charge in [-0.1, -0.05) is 23.7 Å². The zero-order chi connectivity index (χ0) is 62.5. The van der Waals surface area contributed by atoms with Crippen LogP contribution in [0.2, 0.25) is 5.02 Å². The van der Waals surface area contributed by atoms with E-state index in [1.165, 1.54) is 31.2 Å². The number of alkyl halides is 3. The van der Waals surface area contributed by atoms with Gasteiger partial charge in [0.15, 0.2) is 0 Å². The zero-order valence-electron chi connectivity index (χ0n) is 48.9. The van der Waals surface area contributed by atoms with Crippen molar-refractivity contribution >= 4 is 72.9 Å². The van der Waals surface area contributed by atoms with Crippen LogP contribution >= 0.6 is 11.6 Å². The maximum atomic E-state index is 14.0. The Kier molecular flexibility index (Phi) is 37.6. The first-order valence-corrected chi connectivity index (χ1v) is 28.0. The van der Waals surface area contributed by atoms with E-state index >= 15 is 0 Å². The van der Waals surface area contributed by atoms with Gasteiger partial charge in [0.1, 0.15) is 23.8 Å². The van der Waals surface area contributed by atoms with Crippen molar-refractivity contribution in [2.45, 2.75) is 6.18 Å². The fourth-order valence-corrected chi connectivity index (χ4v) is 8.55. The molecular formula is C56H75ClF3InN8O18. The number of hydrogen-bond acceptors (Lipinski definition) is 24. The summed E-state index contributed by atoms with van der Waals surface area (Å²) in [5.41, 5.74) is -1.11. The van der Waals surface area contributed by atoms with Crippen LogP contribution in [0.3, 0.4) is 0 Å². The van der Waals surface area contributed by atoms with E-state index in [4.69, 9.17) is 59.0 Å². The third kappa shape index (κ3) is 30.5. The second-order valence-electron chi connectivity index (χ2n) is 18.9. The summed E-state index contributed by atoms with van der Waals surface area (Å²) in [5, 5.41) is 46.6. The molecular weight excluding hydrogens is 1280 g/mol. The molecule has 1 saturated heterocycles. The molecule has 2 aromatic carbocycles. The summed E-state index contributed by atoms with van der Waals surface area (Å²) in [4.78, 5) is 72.3. The maximum absolute atomic E-state index is 14.0. The van der Waals surface area contributed by atoms with Gasteiger partial charge < -0.3 is 87.3 Å². The van der Waals surface area contributed by atoms with Crippen molar-refractivity contribution in [2.75, 3.05) is 216 Å². The Morgan fingerprint density at radius 3 is 1.41 bits per heavy atom. The molecule has 87 heavy (non-hydrogen) atoms. The number of benzene rings is 2. The zero-order valence-corrected chi connectivity index (χ0v) is 53.0. The van der Waals surface area contributed by atoms with Gasteiger partial charge in [-0.3, -0.25) is 34.2 Å². The van der Waals surface area contributed by atoms with E-state index in [1.807, 2.05) is 0 Å². The van der Waals surface area contributed by atoms with Crippen molar-refractivity contribution in [3.63, 3.8) is 0 Å². The minimum absolute atomic E-state index is 0. The average molecular weight is 1360 g/mol. The molecule has 478 valence electrons. The third-order valence-corrected chi connectivity index (χ3v) is 13.0. The van der Waals surface area contributed by atoms with Crippen LogP contribution in [0.4, 0.5) is 18.9 Å². The molecule has 4 rings (SSSR count). The molecule has 26 nitrogen and oxygen atoms in total. The minimum Gasteiger partial charge on any atom is -0.549 e. The number of pyridine rings is 1. The first-order chi connectivity index (χ1) is 41.4. The number of hydrogen-bond donors (Lipinski definition) is 1. The van der Waals surface area contributed by atoms with Crippen LogP contribution in [0.1, 0.15) is 21.6 Å². The summed E-state index contributed by atoms with van der Waals surface area (Å²) in [6.45, 7) is 5.75. The number of amides is 2. The predicted molar refractivity (Wildman–Crippen MR) is 302 cm³/mol. The molecule has 2 heterocycles. The number of nitrogens with zero attached hydrogens (tertiary/aromatic N) is 7. The Bertz CT molecular complexity index is 2570. The summed E-state index contributed by atoms with van der Waals surface area (Å²) in [6.07, 6.45) is -3.90. The monoisotopic (exact) mass is 1350 g/mol. The first-order valence-electron chi connectivity index (χ1n) is 27.6. The molecule has 2 amide bonds. The topological polar surface area (TPSA) is 312 Å². The number of carboxylic acid groups (broad SMARTS) is 3. The van der Waals surface area contributed by atoms with Gasteiger partial charge in [0.05, 0.1) is 165 Å². The van der Waals surface area contributed by atoms with Crippen molar-refractivity contribution in [1.29, 1.82) is 5.26 Å². The average Bonchev–Trinajstić information content (AvgIpc) is 1.15. The van der Waals surface area contributed by atoms with Crippen molar-refractivity contribution in [1.82, 2.24) is 29.9 Å². The number of methoxy groups -OCH3 is 1. The standard InChI is InChI=1S/C56H78ClF3N8O18.In/c1-64(47-5-3-4-6-48(47)77-2)55(76)44-34-43(45-37-63-50(56(58,59)60)33-42(45)36-61)46(57)35-49(44)86-32-31-85-30-29-84-28-27-83-26-25-82-24-23-81-22-21-80-20-19-79-18-17-78-16-7-62-51(69)38-65-8-10-66(39-52(70)71)12-14-68(41-54(74)75)15-13-67(11-9-65)40-53(72)73;/h3-6,33-35,37H,7-32,38-41H2,1-2H3,(H,62,69)(H,70,71)(H,72,73)(H,74,75);/q;+3/p-3. The van der Waals surface area contributed by atoms with Gasteiger partial charge in [-0.25, -0.2) is 0 Å². The molecule has 1 aromatic heterocycles. The van der Waals surface area contributed by atoms with E-state index in [1.54, 1.807) is 49.9 Å². The van der Waals surface area contributed by atoms with E-state index in [2.05, 4.69) is 10.3 Å². The molecule has 0 bridgehead atoms. The molecule has 1 aliphatic heterocycles. The summed E-state index contributed by atoms with van der Waals surface area (Å²) in [7, 11) is 2.97. The van der Waals surface area contributed by atoms with Crippen LogP contribution in [0.25, 0.3) is 11.1 Å². The number of nitriles is 1. The van der Waals surface area contributed by atoms with Crippen molar-refractivity contribution in [3.05, 3.63) is 70.5 Å². The number of aliphatic carboxylic acids is 3. The predicted octanol–water partition coefficient (Wildman–Crippen LogP) is -1.70. The second-order valence-corrected chi connectivity index (χ2v) is 19.3. The molecule has 1 aliphatic rings. The van der Waals surface area contributed by atoms with Crippen LogP contribution in [0.5, 0.6) is 11.5 Å². The van der Waals surface area contributed by atoms with Gasteiger partial charge in [-0.05, 0) is 24.3 Å². The Hall–Kier alpha value is -5.50. The van der Waals surface area contributed by atoms with Crippen LogP contribution in [0, 0.1) is 11.3 Å². The molecule has 1 N–H and O–H groups in total. The summed E-state index contributed by atoms with van der Waals surface area (Å²) in [6, 6.07) is 11.9. The van der Waals surface area contributed by atoms with Gasteiger partial charge in [0, 0.05) is 109 Å². The molecule has 31 heteroatoms. The number of rotatable bonds is 40. The fourth-order valence-electron chi connectivity index (χ4n) is 8.29. The van der Waals surface area contributed by atoms with E-state index in [0.717, 1.165) is 6.20 Å². The van der Waals surface area contributed by atoms with Gasteiger partial charge in [-0.15, -0.1) is 0 Å². The quantitative estimate of drug-likeness (QED) is 0.0620. The summed E-state index contributed by atoms with van der Waals surface area (Å²) >= 11 is 6.61. The summed E-state index contributed by atoms with van der Waals surface area (Å²) in [5.74, 6) is -4.31. The number of para-hydroxylation sites is 2. The Balaban J connectivity index is 0.0000198. The van der Waals surface area contributed by atoms with Crippen molar-refractivity contribution in [3.8, 4) is 28.7 Å². The van der Waals surface area contributed by atoms with Gasteiger partial charge in [0.2, 0.25) is 5.91 Å². The smallest absolute Gasteiger partial charge is 0.549 e. The third-order valence-electron chi connectivity index (χ3n) is 12.7. The summed E-state index contributed by atoms with van der Waals surface area (Å²) < 4.78 is 96.0. The van der Waals surface area contributed by atoms with Gasteiger partial charge in [-0.2, -0.15) is 18.4 Å². The number of aromatic nitrogens is 1. The van der Waals surface area contributed by atoms with Gasteiger partial charge >= 0.3 is 32.0 Å².